The number of likely N-dealkylation sites (tertiary alicyclic amines) is 1. The van der Waals surface area contributed by atoms with Crippen molar-refractivity contribution < 1.29 is 9.59 Å². The highest BCUT2D eigenvalue weighted by Gasteiger charge is 2.38. The topological polar surface area (TPSA) is 67.2 Å². The van der Waals surface area contributed by atoms with E-state index in [9.17, 15) is 9.59 Å². The number of hydrogen-bond donors (Lipinski definition) is 1. The third-order valence-corrected chi connectivity index (χ3v) is 6.41. The van der Waals surface area contributed by atoms with Crippen molar-refractivity contribution in [2.24, 2.45) is 24.8 Å². The first-order chi connectivity index (χ1) is 12.6. The van der Waals surface area contributed by atoms with Crippen molar-refractivity contribution >= 4 is 11.8 Å². The Bertz CT molecular complexity index is 653. The van der Waals surface area contributed by atoms with Crippen LogP contribution >= 0.6 is 0 Å². The Labute approximate surface area is 155 Å². The number of nitrogens with zero attached hydrogens (tertiary/aromatic N) is 3. The van der Waals surface area contributed by atoms with E-state index in [2.05, 4.69) is 10.3 Å². The van der Waals surface area contributed by atoms with Crippen molar-refractivity contribution in [1.82, 2.24) is 19.8 Å². The smallest absolute Gasteiger partial charge is 0.225 e. The first-order valence-electron chi connectivity index (χ1n) is 10.2. The molecule has 142 valence electrons. The number of hydrogen-bond acceptors (Lipinski definition) is 3. The van der Waals surface area contributed by atoms with Crippen molar-refractivity contribution in [2.75, 3.05) is 13.1 Å². The maximum Gasteiger partial charge on any atom is 0.225 e. The van der Waals surface area contributed by atoms with Crippen molar-refractivity contribution in [2.45, 2.75) is 57.4 Å². The molecule has 1 aromatic heterocycles. The van der Waals surface area contributed by atoms with Gasteiger partial charge >= 0.3 is 0 Å². The molecule has 1 N–H and O–H groups in total. The molecular formula is C20H30N4O2. The molecule has 3 fully saturated rings. The summed E-state index contributed by atoms with van der Waals surface area (Å²) in [7, 11) is 1.98. The van der Waals surface area contributed by atoms with Gasteiger partial charge in [-0.2, -0.15) is 0 Å². The van der Waals surface area contributed by atoms with Crippen LogP contribution in [0.3, 0.4) is 0 Å². The molecule has 2 saturated carbocycles. The average Bonchev–Trinajstić information content (AvgIpc) is 3.17. The molecule has 26 heavy (non-hydrogen) atoms. The van der Waals surface area contributed by atoms with Crippen LogP contribution < -0.4 is 5.32 Å². The molecule has 0 spiro atoms. The van der Waals surface area contributed by atoms with Crippen molar-refractivity contribution in [3.8, 4) is 0 Å². The van der Waals surface area contributed by atoms with Crippen LogP contribution in [-0.4, -0.2) is 39.4 Å². The molecule has 2 heterocycles. The van der Waals surface area contributed by atoms with E-state index in [1.165, 1.54) is 12.8 Å². The number of nitrogens with one attached hydrogen (secondary N) is 1. The summed E-state index contributed by atoms with van der Waals surface area (Å²) in [4.78, 5) is 31.8. The standard InChI is InChI=1S/C20H30N4O2/c1-23-13-10-21-18(23)17(14-6-7-14)22-19(25)15-8-11-24(12-9-15)20(26)16-4-2-3-5-16/h10,13-17H,2-9,11-12H2,1H3,(H,22,25)/t17-/m0/s1. The molecule has 6 heteroatoms. The third kappa shape index (κ3) is 3.64. The Morgan fingerprint density at radius 2 is 1.77 bits per heavy atom. The van der Waals surface area contributed by atoms with Crippen LogP contribution in [0.5, 0.6) is 0 Å². The van der Waals surface area contributed by atoms with Crippen molar-refractivity contribution in [3.63, 3.8) is 0 Å². The lowest BCUT2D eigenvalue weighted by Crippen LogP contribution is -2.45. The van der Waals surface area contributed by atoms with Gasteiger partial charge in [0.25, 0.3) is 0 Å². The Morgan fingerprint density at radius 3 is 2.35 bits per heavy atom. The molecular weight excluding hydrogens is 328 g/mol. The molecule has 1 atom stereocenters. The maximum absolute atomic E-state index is 12.8. The van der Waals surface area contributed by atoms with E-state index >= 15 is 0 Å². The first kappa shape index (κ1) is 17.6. The normalized spacial score (nSPS) is 23.2. The Kier molecular flexibility index (Phi) is 5.00. The zero-order valence-electron chi connectivity index (χ0n) is 15.7. The highest BCUT2D eigenvalue weighted by molar-refractivity contribution is 5.81. The van der Waals surface area contributed by atoms with Crippen LogP contribution in [0, 0.1) is 17.8 Å². The molecule has 0 unspecified atom stereocenters. The lowest BCUT2D eigenvalue weighted by Gasteiger charge is -2.33. The molecule has 3 aliphatic rings. The fourth-order valence-corrected chi connectivity index (χ4v) is 4.56. The summed E-state index contributed by atoms with van der Waals surface area (Å²) in [6.45, 7) is 1.45. The van der Waals surface area contributed by atoms with Gasteiger partial charge in [0.15, 0.2) is 0 Å². The predicted octanol–water partition coefficient (Wildman–Crippen LogP) is 2.42. The summed E-state index contributed by atoms with van der Waals surface area (Å²) < 4.78 is 2.01. The van der Waals surface area contributed by atoms with Crippen LogP contribution in [-0.2, 0) is 16.6 Å². The number of carbonyl (C=O) groups excluding carboxylic acids is 2. The van der Waals surface area contributed by atoms with Crippen LogP contribution in [0.1, 0.15) is 63.2 Å². The second kappa shape index (κ2) is 7.41. The number of carbonyl (C=O) groups is 2. The predicted molar refractivity (Wildman–Crippen MR) is 98.1 cm³/mol. The number of amides is 2. The van der Waals surface area contributed by atoms with Gasteiger partial charge in [-0.25, -0.2) is 4.98 Å². The van der Waals surface area contributed by atoms with Crippen molar-refractivity contribution in [3.05, 3.63) is 18.2 Å². The van der Waals surface area contributed by atoms with Gasteiger partial charge in [-0.15, -0.1) is 0 Å². The average molecular weight is 358 g/mol. The minimum absolute atomic E-state index is 0.0177. The number of imidazole rings is 1. The number of aromatic nitrogens is 2. The molecule has 2 aliphatic carbocycles. The molecule has 2 amide bonds. The second-order valence-electron chi connectivity index (χ2n) is 8.30. The Hall–Kier alpha value is -1.85. The van der Waals surface area contributed by atoms with Gasteiger partial charge in [0.1, 0.15) is 5.82 Å². The monoisotopic (exact) mass is 358 g/mol. The summed E-state index contributed by atoms with van der Waals surface area (Å²) in [6.07, 6.45) is 12.1. The van der Waals surface area contributed by atoms with E-state index in [1.807, 2.05) is 22.7 Å². The summed E-state index contributed by atoms with van der Waals surface area (Å²) >= 11 is 0. The summed E-state index contributed by atoms with van der Waals surface area (Å²) in [5, 5.41) is 3.27. The van der Waals surface area contributed by atoms with Crippen LogP contribution in [0.15, 0.2) is 12.4 Å². The minimum Gasteiger partial charge on any atom is -0.346 e. The number of rotatable bonds is 5. The van der Waals surface area contributed by atoms with Gasteiger partial charge in [0.05, 0.1) is 6.04 Å². The van der Waals surface area contributed by atoms with Gasteiger partial charge < -0.3 is 14.8 Å². The lowest BCUT2D eigenvalue weighted by molar-refractivity contribution is -0.139. The van der Waals surface area contributed by atoms with E-state index in [4.69, 9.17) is 0 Å². The largest absolute Gasteiger partial charge is 0.346 e. The molecule has 1 aliphatic heterocycles. The second-order valence-corrected chi connectivity index (χ2v) is 8.30. The molecule has 1 aromatic rings. The van der Waals surface area contributed by atoms with Crippen LogP contribution in [0.4, 0.5) is 0 Å². The van der Waals surface area contributed by atoms with Crippen LogP contribution in [0.25, 0.3) is 0 Å². The summed E-state index contributed by atoms with van der Waals surface area (Å²) in [5.74, 6) is 2.19. The Morgan fingerprint density at radius 1 is 1.08 bits per heavy atom. The lowest BCUT2D eigenvalue weighted by atomic mass is 9.94. The molecule has 1 saturated heterocycles. The molecule has 0 bridgehead atoms. The van der Waals surface area contributed by atoms with E-state index < -0.39 is 0 Å². The zero-order valence-corrected chi connectivity index (χ0v) is 15.7. The summed E-state index contributed by atoms with van der Waals surface area (Å²) in [5.41, 5.74) is 0. The van der Waals surface area contributed by atoms with Gasteiger partial charge in [-0.05, 0) is 44.4 Å². The van der Waals surface area contributed by atoms with E-state index in [0.717, 1.165) is 57.4 Å². The SMILES string of the molecule is Cn1ccnc1[C@@H](NC(=O)C1CCN(C(=O)C2CCCC2)CC1)C1CC1. The third-order valence-electron chi connectivity index (χ3n) is 6.41. The zero-order chi connectivity index (χ0) is 18.1. The highest BCUT2D eigenvalue weighted by Crippen LogP contribution is 2.40. The van der Waals surface area contributed by atoms with Gasteiger partial charge in [0.2, 0.25) is 11.8 Å². The number of piperidine rings is 1. The minimum atomic E-state index is 0.0177. The first-order valence-corrected chi connectivity index (χ1v) is 10.2. The maximum atomic E-state index is 12.8. The van der Waals surface area contributed by atoms with Crippen molar-refractivity contribution in [1.29, 1.82) is 0 Å². The van der Waals surface area contributed by atoms with E-state index in [0.29, 0.717) is 11.8 Å². The van der Waals surface area contributed by atoms with Gasteiger partial charge in [0, 0.05) is 44.4 Å². The van der Waals surface area contributed by atoms with Gasteiger partial charge in [-0.3, -0.25) is 9.59 Å². The van der Waals surface area contributed by atoms with Crippen LogP contribution in [0.2, 0.25) is 0 Å². The number of aryl methyl sites for hydroxylation is 1. The van der Waals surface area contributed by atoms with E-state index in [1.54, 1.807) is 6.20 Å². The molecule has 6 nitrogen and oxygen atoms in total. The highest BCUT2D eigenvalue weighted by atomic mass is 16.2. The fraction of sp³-hybridized carbons (Fsp3) is 0.750. The molecule has 0 aromatic carbocycles. The fourth-order valence-electron chi connectivity index (χ4n) is 4.56. The van der Waals surface area contributed by atoms with E-state index in [-0.39, 0.29) is 23.8 Å². The molecule has 0 radical (unpaired) electrons. The summed E-state index contributed by atoms with van der Waals surface area (Å²) in [6, 6.07) is 0.0284. The molecule has 4 rings (SSSR count). The quantitative estimate of drug-likeness (QED) is 0.879. The Balaban J connectivity index is 1.32. The van der Waals surface area contributed by atoms with Gasteiger partial charge in [-0.1, -0.05) is 12.8 Å².